The maximum absolute atomic E-state index is 13.3. The fourth-order valence-corrected chi connectivity index (χ4v) is 1.79. The molecule has 106 valence electrons. The number of pyridine rings is 1. The van der Waals surface area contributed by atoms with E-state index in [1.165, 1.54) is 23.1 Å². The second-order valence-electron chi connectivity index (χ2n) is 4.23. The number of hydrogen-bond donors (Lipinski definition) is 1. The number of rotatable bonds is 2. The summed E-state index contributed by atoms with van der Waals surface area (Å²) in [6, 6.07) is 7.22. The highest BCUT2D eigenvalue weighted by atomic mass is 19.1. The Bertz CT molecular complexity index is 705. The maximum atomic E-state index is 13.3. The van der Waals surface area contributed by atoms with Crippen molar-refractivity contribution in [3.63, 3.8) is 0 Å². The molecule has 1 N–H and O–H groups in total. The van der Waals surface area contributed by atoms with Crippen LogP contribution in [0.3, 0.4) is 0 Å². The molecule has 2 aromatic rings. The van der Waals surface area contributed by atoms with Crippen molar-refractivity contribution in [3.8, 4) is 11.8 Å². The maximum Gasteiger partial charge on any atom is 0.259 e. The third kappa shape index (κ3) is 3.44. The van der Waals surface area contributed by atoms with Crippen LogP contribution in [-0.2, 0) is 0 Å². The van der Waals surface area contributed by atoms with Crippen LogP contribution in [0.5, 0.6) is 0 Å². The van der Waals surface area contributed by atoms with Gasteiger partial charge in [0.2, 0.25) is 0 Å². The number of carbonyl (C=O) groups is 1. The van der Waals surface area contributed by atoms with Crippen LogP contribution in [0.2, 0.25) is 0 Å². The molecule has 0 aliphatic heterocycles. The number of aromatic nitrogens is 1. The van der Waals surface area contributed by atoms with Gasteiger partial charge in [-0.2, -0.15) is 0 Å². The van der Waals surface area contributed by atoms with Crippen molar-refractivity contribution >= 4 is 11.6 Å². The Labute approximate surface area is 121 Å². The lowest BCUT2D eigenvalue weighted by Gasteiger charge is -2.17. The number of carbonyl (C=O) groups excluding carboxylic acids is 1. The highest BCUT2D eigenvalue weighted by Crippen LogP contribution is 2.17. The van der Waals surface area contributed by atoms with E-state index < -0.39 is 5.82 Å². The predicted octanol–water partition coefficient (Wildman–Crippen LogP) is 1.84. The standard InChI is InChI=1S/C16H13FN2O2/c1-19(14-5-2-8-18-11-14)16(21)15-7-6-13(17)10-12(15)4-3-9-20/h2,5-8,10-11,20H,9H2,1H3. The van der Waals surface area contributed by atoms with E-state index in [9.17, 15) is 9.18 Å². The van der Waals surface area contributed by atoms with Crippen molar-refractivity contribution in [3.05, 3.63) is 59.7 Å². The molecule has 5 heteroatoms. The minimum Gasteiger partial charge on any atom is -0.384 e. The molecule has 0 aliphatic carbocycles. The summed E-state index contributed by atoms with van der Waals surface area (Å²) in [5.41, 5.74) is 1.13. The number of hydrogen-bond acceptors (Lipinski definition) is 3. The number of aliphatic hydroxyl groups is 1. The zero-order valence-electron chi connectivity index (χ0n) is 11.4. The van der Waals surface area contributed by atoms with Crippen LogP contribution >= 0.6 is 0 Å². The Morgan fingerprint density at radius 2 is 2.24 bits per heavy atom. The van der Waals surface area contributed by atoms with Gasteiger partial charge in [-0.05, 0) is 30.3 Å². The molecule has 0 saturated carbocycles. The van der Waals surface area contributed by atoms with Crippen LogP contribution in [0.1, 0.15) is 15.9 Å². The van der Waals surface area contributed by atoms with E-state index >= 15 is 0 Å². The van der Waals surface area contributed by atoms with Crippen LogP contribution < -0.4 is 4.90 Å². The summed E-state index contributed by atoms with van der Waals surface area (Å²) in [5.74, 6) is 4.19. The van der Waals surface area contributed by atoms with E-state index in [1.807, 2.05) is 0 Å². The molecule has 0 radical (unpaired) electrons. The topological polar surface area (TPSA) is 53.4 Å². The molecule has 21 heavy (non-hydrogen) atoms. The second-order valence-corrected chi connectivity index (χ2v) is 4.23. The molecule has 4 nitrogen and oxygen atoms in total. The van der Waals surface area contributed by atoms with E-state index in [4.69, 9.17) is 5.11 Å². The summed E-state index contributed by atoms with van der Waals surface area (Å²) in [6.45, 7) is -0.359. The van der Waals surface area contributed by atoms with Crippen LogP contribution in [0.15, 0.2) is 42.7 Å². The predicted molar refractivity (Wildman–Crippen MR) is 77.3 cm³/mol. The van der Waals surface area contributed by atoms with Crippen molar-refractivity contribution in [2.75, 3.05) is 18.6 Å². The Morgan fingerprint density at radius 3 is 2.90 bits per heavy atom. The molecule has 1 amide bonds. The Morgan fingerprint density at radius 1 is 1.43 bits per heavy atom. The van der Waals surface area contributed by atoms with Crippen LogP contribution in [0.4, 0.5) is 10.1 Å². The molecule has 0 unspecified atom stereocenters. The van der Waals surface area contributed by atoms with Gasteiger partial charge in [0, 0.05) is 18.8 Å². The monoisotopic (exact) mass is 284 g/mol. The van der Waals surface area contributed by atoms with Gasteiger partial charge >= 0.3 is 0 Å². The molecular formula is C16H13FN2O2. The molecule has 0 spiro atoms. The van der Waals surface area contributed by atoms with Crippen LogP contribution in [-0.4, -0.2) is 29.7 Å². The summed E-state index contributed by atoms with van der Waals surface area (Å²) in [7, 11) is 1.60. The summed E-state index contributed by atoms with van der Waals surface area (Å²) in [6.07, 6.45) is 3.17. The molecular weight excluding hydrogens is 271 g/mol. The van der Waals surface area contributed by atoms with Crippen LogP contribution in [0, 0.1) is 17.7 Å². The highest BCUT2D eigenvalue weighted by molar-refractivity contribution is 6.07. The summed E-state index contributed by atoms with van der Waals surface area (Å²) < 4.78 is 13.3. The third-order valence-electron chi connectivity index (χ3n) is 2.85. The number of benzene rings is 1. The molecule has 0 bridgehead atoms. The van der Waals surface area contributed by atoms with Crippen molar-refractivity contribution in [2.24, 2.45) is 0 Å². The average molecular weight is 284 g/mol. The molecule has 1 heterocycles. The fourth-order valence-electron chi connectivity index (χ4n) is 1.79. The smallest absolute Gasteiger partial charge is 0.259 e. The first-order valence-electron chi connectivity index (χ1n) is 6.21. The van der Waals surface area contributed by atoms with Gasteiger partial charge in [-0.25, -0.2) is 4.39 Å². The van der Waals surface area contributed by atoms with Gasteiger partial charge in [0.15, 0.2) is 0 Å². The Balaban J connectivity index is 2.39. The number of nitrogens with zero attached hydrogens (tertiary/aromatic N) is 2. The first kappa shape index (κ1) is 14.7. The van der Waals surface area contributed by atoms with Crippen LogP contribution in [0.25, 0.3) is 0 Å². The van der Waals surface area contributed by atoms with E-state index in [-0.39, 0.29) is 23.6 Å². The minimum atomic E-state index is -0.488. The first-order chi connectivity index (χ1) is 10.1. The van der Waals surface area contributed by atoms with Gasteiger partial charge in [0.25, 0.3) is 5.91 Å². The normalized spacial score (nSPS) is 9.67. The zero-order chi connectivity index (χ0) is 15.2. The number of amides is 1. The lowest BCUT2D eigenvalue weighted by atomic mass is 10.1. The Hall–Kier alpha value is -2.71. The van der Waals surface area contributed by atoms with Gasteiger partial charge in [-0.15, -0.1) is 0 Å². The van der Waals surface area contributed by atoms with E-state index in [0.717, 1.165) is 0 Å². The van der Waals surface area contributed by atoms with E-state index in [0.29, 0.717) is 5.69 Å². The summed E-state index contributed by atoms with van der Waals surface area (Å²) >= 11 is 0. The largest absolute Gasteiger partial charge is 0.384 e. The SMILES string of the molecule is CN(C(=O)c1ccc(F)cc1C#CCO)c1cccnc1. The fraction of sp³-hybridized carbons (Fsp3) is 0.125. The lowest BCUT2D eigenvalue weighted by Crippen LogP contribution is -2.27. The van der Waals surface area contributed by atoms with Gasteiger partial charge < -0.3 is 10.0 Å². The molecule has 0 aliphatic rings. The van der Waals surface area contributed by atoms with E-state index in [2.05, 4.69) is 16.8 Å². The van der Waals surface area contributed by atoms with E-state index in [1.54, 1.807) is 31.6 Å². The number of halogens is 1. The highest BCUT2D eigenvalue weighted by Gasteiger charge is 2.17. The number of aliphatic hydroxyl groups excluding tert-OH is 1. The lowest BCUT2D eigenvalue weighted by molar-refractivity contribution is 0.0992. The van der Waals surface area contributed by atoms with Crippen molar-refractivity contribution in [1.29, 1.82) is 0 Å². The van der Waals surface area contributed by atoms with Gasteiger partial charge in [-0.1, -0.05) is 11.8 Å². The quantitative estimate of drug-likeness (QED) is 0.856. The second kappa shape index (κ2) is 6.64. The number of anilines is 1. The van der Waals surface area contributed by atoms with Crippen molar-refractivity contribution < 1.29 is 14.3 Å². The van der Waals surface area contributed by atoms with Crippen molar-refractivity contribution in [1.82, 2.24) is 4.98 Å². The minimum absolute atomic E-state index is 0.241. The Kier molecular flexibility index (Phi) is 4.64. The van der Waals surface area contributed by atoms with Gasteiger partial charge in [0.1, 0.15) is 12.4 Å². The molecule has 0 saturated heterocycles. The third-order valence-corrected chi connectivity index (χ3v) is 2.85. The van der Waals surface area contributed by atoms with Gasteiger partial charge in [-0.3, -0.25) is 9.78 Å². The molecule has 1 aromatic heterocycles. The molecule has 0 fully saturated rings. The summed E-state index contributed by atoms with van der Waals surface area (Å²) in [4.78, 5) is 17.8. The molecule has 1 aromatic carbocycles. The molecule has 2 rings (SSSR count). The first-order valence-corrected chi connectivity index (χ1v) is 6.21. The summed E-state index contributed by atoms with van der Waals surface area (Å²) in [5, 5.41) is 8.74. The average Bonchev–Trinajstić information content (AvgIpc) is 2.52. The van der Waals surface area contributed by atoms with Crippen molar-refractivity contribution in [2.45, 2.75) is 0 Å². The molecule has 0 atom stereocenters. The van der Waals surface area contributed by atoms with Gasteiger partial charge in [0.05, 0.1) is 17.4 Å². The zero-order valence-corrected chi connectivity index (χ0v) is 11.4.